The van der Waals surface area contributed by atoms with Crippen LogP contribution in [0, 0.1) is 5.92 Å². The van der Waals surface area contributed by atoms with Gasteiger partial charge in [-0.25, -0.2) is 4.79 Å². The number of piperidine rings is 1. The molecular weight excluding hydrogens is 488 g/mol. The van der Waals surface area contributed by atoms with Gasteiger partial charge in [0, 0.05) is 25.2 Å². The summed E-state index contributed by atoms with van der Waals surface area (Å²) in [6, 6.07) is 9.52. The van der Waals surface area contributed by atoms with Crippen LogP contribution in [-0.4, -0.2) is 61.6 Å². The van der Waals surface area contributed by atoms with E-state index in [1.165, 1.54) is 37.4 Å². The smallest absolute Gasteiger partial charge is 0.330 e. The molecule has 1 fully saturated rings. The third-order valence-electron chi connectivity index (χ3n) is 5.78. The summed E-state index contributed by atoms with van der Waals surface area (Å²) in [4.78, 5) is 49.9. The molecule has 3 amide bonds. The number of hydrogen-bond acceptors (Lipinski definition) is 7. The van der Waals surface area contributed by atoms with Gasteiger partial charge in [0.15, 0.2) is 0 Å². The zero-order valence-electron chi connectivity index (χ0n) is 19.8. The predicted molar refractivity (Wildman–Crippen MR) is 133 cm³/mol. The average Bonchev–Trinajstić information content (AvgIpc) is 2.89. The number of carbonyl (C=O) groups excluding carboxylic acids is 4. The van der Waals surface area contributed by atoms with Gasteiger partial charge < -0.3 is 31.1 Å². The molecule has 0 aliphatic carbocycles. The zero-order chi connectivity index (χ0) is 26.1. The van der Waals surface area contributed by atoms with E-state index in [9.17, 15) is 24.3 Å². The molecule has 2 aromatic carbocycles. The highest BCUT2D eigenvalue weighted by Crippen LogP contribution is 2.19. The van der Waals surface area contributed by atoms with Crippen LogP contribution in [0.25, 0.3) is 0 Å². The molecule has 1 aliphatic heterocycles. The van der Waals surface area contributed by atoms with Crippen LogP contribution in [0.15, 0.2) is 42.5 Å². The molecule has 0 radical (unpaired) electrons. The Morgan fingerprint density at radius 2 is 1.94 bits per heavy atom. The van der Waals surface area contributed by atoms with E-state index in [0.29, 0.717) is 12.1 Å². The summed E-state index contributed by atoms with van der Waals surface area (Å²) in [5.41, 5.74) is 0.999. The molecule has 0 saturated carbocycles. The molecule has 2 aromatic rings. The summed E-state index contributed by atoms with van der Waals surface area (Å²) in [6.45, 7) is 1.48. The van der Waals surface area contributed by atoms with Crippen molar-refractivity contribution in [2.24, 2.45) is 5.92 Å². The standard InChI is InChI=1S/C25H29ClN4O6/c1-36-25(35)21(14-29-23(33)17-5-3-9-27-13-17)30-24(34)19-8-7-16(11-20(19)26)22(32)28-12-15-4-2-6-18(31)10-15/h2,4,6-8,10-11,17,21,27,31H,3,5,9,12-14H2,1H3,(H,28,32)(H,29,33)(H,30,34)/t17?,21-/m0/s1. The fourth-order valence-corrected chi connectivity index (χ4v) is 4.05. The van der Waals surface area contributed by atoms with Crippen LogP contribution in [0.3, 0.4) is 0 Å². The first-order valence-electron chi connectivity index (χ1n) is 11.5. The Kier molecular flexibility index (Phi) is 9.66. The summed E-state index contributed by atoms with van der Waals surface area (Å²) >= 11 is 6.27. The number of benzene rings is 2. The number of phenols is 1. The second kappa shape index (κ2) is 12.9. The molecule has 0 aromatic heterocycles. The Labute approximate surface area is 213 Å². The summed E-state index contributed by atoms with van der Waals surface area (Å²) in [5, 5.41) is 20.6. The first-order chi connectivity index (χ1) is 17.3. The van der Waals surface area contributed by atoms with Crippen molar-refractivity contribution in [2.45, 2.75) is 25.4 Å². The number of nitrogens with one attached hydrogen (secondary N) is 4. The van der Waals surface area contributed by atoms with Crippen molar-refractivity contribution in [1.29, 1.82) is 0 Å². The molecule has 0 spiro atoms. The number of rotatable bonds is 9. The normalized spacial score (nSPS) is 15.9. The average molecular weight is 517 g/mol. The lowest BCUT2D eigenvalue weighted by Crippen LogP contribution is -2.51. The van der Waals surface area contributed by atoms with Crippen LogP contribution in [0.2, 0.25) is 5.02 Å². The fourth-order valence-electron chi connectivity index (χ4n) is 3.79. The van der Waals surface area contributed by atoms with Crippen LogP contribution in [0.5, 0.6) is 5.75 Å². The van der Waals surface area contributed by atoms with Crippen LogP contribution >= 0.6 is 11.6 Å². The molecule has 1 unspecified atom stereocenters. The van der Waals surface area contributed by atoms with Crippen molar-refractivity contribution in [3.63, 3.8) is 0 Å². The first kappa shape index (κ1) is 27.0. The number of halogens is 1. The first-order valence-corrected chi connectivity index (χ1v) is 11.9. The van der Waals surface area contributed by atoms with Gasteiger partial charge in [-0.3, -0.25) is 14.4 Å². The third-order valence-corrected chi connectivity index (χ3v) is 6.09. The number of phenolic OH excluding ortho intramolecular Hbond substituents is 1. The molecule has 1 heterocycles. The lowest BCUT2D eigenvalue weighted by molar-refractivity contribution is -0.142. The molecule has 0 bridgehead atoms. The zero-order valence-corrected chi connectivity index (χ0v) is 20.6. The van der Waals surface area contributed by atoms with E-state index in [2.05, 4.69) is 21.3 Å². The Hall–Kier alpha value is -3.63. The SMILES string of the molecule is COC(=O)[C@H](CNC(=O)C1CCCNC1)NC(=O)c1ccc(C(=O)NCc2cccc(O)c2)cc1Cl. The number of aromatic hydroxyl groups is 1. The van der Waals surface area contributed by atoms with Gasteiger partial charge in [-0.05, 0) is 55.3 Å². The maximum Gasteiger partial charge on any atom is 0.330 e. The van der Waals surface area contributed by atoms with E-state index >= 15 is 0 Å². The lowest BCUT2D eigenvalue weighted by atomic mass is 9.99. The van der Waals surface area contributed by atoms with Gasteiger partial charge in [0.25, 0.3) is 11.8 Å². The minimum atomic E-state index is -1.12. The number of methoxy groups -OCH3 is 1. The van der Waals surface area contributed by atoms with Gasteiger partial charge in [0.2, 0.25) is 5.91 Å². The number of esters is 1. The van der Waals surface area contributed by atoms with E-state index < -0.39 is 23.8 Å². The molecular formula is C25H29ClN4O6. The van der Waals surface area contributed by atoms with Gasteiger partial charge in [-0.2, -0.15) is 0 Å². The number of amides is 3. The maximum atomic E-state index is 12.8. The third kappa shape index (κ3) is 7.43. The van der Waals surface area contributed by atoms with Gasteiger partial charge in [0.05, 0.1) is 23.6 Å². The molecule has 10 nitrogen and oxygen atoms in total. The summed E-state index contributed by atoms with van der Waals surface area (Å²) < 4.78 is 4.76. The van der Waals surface area contributed by atoms with Crippen LogP contribution < -0.4 is 21.3 Å². The molecule has 5 N–H and O–H groups in total. The second-order valence-electron chi connectivity index (χ2n) is 8.38. The van der Waals surface area contributed by atoms with E-state index in [4.69, 9.17) is 16.3 Å². The van der Waals surface area contributed by atoms with Gasteiger partial charge in [-0.15, -0.1) is 0 Å². The molecule has 2 atom stereocenters. The highest BCUT2D eigenvalue weighted by molar-refractivity contribution is 6.34. The predicted octanol–water partition coefficient (Wildman–Crippen LogP) is 1.36. The fraction of sp³-hybridized carbons (Fsp3) is 0.360. The van der Waals surface area contributed by atoms with Crippen molar-refractivity contribution in [3.05, 3.63) is 64.2 Å². The summed E-state index contributed by atoms with van der Waals surface area (Å²) in [6.07, 6.45) is 1.63. The van der Waals surface area contributed by atoms with E-state index in [1.807, 2.05) is 0 Å². The molecule has 36 heavy (non-hydrogen) atoms. The second-order valence-corrected chi connectivity index (χ2v) is 8.79. The largest absolute Gasteiger partial charge is 0.508 e. The van der Waals surface area contributed by atoms with Gasteiger partial charge >= 0.3 is 5.97 Å². The van der Waals surface area contributed by atoms with Crippen molar-refractivity contribution in [3.8, 4) is 5.75 Å². The van der Waals surface area contributed by atoms with E-state index in [1.54, 1.807) is 12.1 Å². The van der Waals surface area contributed by atoms with Crippen molar-refractivity contribution >= 4 is 35.3 Å². The van der Waals surface area contributed by atoms with Crippen molar-refractivity contribution < 1.29 is 29.0 Å². The Bertz CT molecular complexity index is 1120. The highest BCUT2D eigenvalue weighted by atomic mass is 35.5. The number of hydrogen-bond donors (Lipinski definition) is 5. The quantitative estimate of drug-likeness (QED) is 0.316. The molecule has 11 heteroatoms. The Balaban J connectivity index is 1.60. The molecule has 1 saturated heterocycles. The summed E-state index contributed by atoms with van der Waals surface area (Å²) in [7, 11) is 1.19. The van der Waals surface area contributed by atoms with Crippen LogP contribution in [0.1, 0.15) is 39.1 Å². The minimum Gasteiger partial charge on any atom is -0.508 e. The van der Waals surface area contributed by atoms with E-state index in [-0.39, 0.29) is 46.8 Å². The van der Waals surface area contributed by atoms with E-state index in [0.717, 1.165) is 19.4 Å². The topological polar surface area (TPSA) is 146 Å². The molecule has 3 rings (SSSR count). The Morgan fingerprint density at radius 3 is 2.61 bits per heavy atom. The summed E-state index contributed by atoms with van der Waals surface area (Å²) in [5.74, 6) is -2.10. The van der Waals surface area contributed by atoms with Gasteiger partial charge in [0.1, 0.15) is 11.8 Å². The minimum absolute atomic E-state index is 0.0124. The highest BCUT2D eigenvalue weighted by Gasteiger charge is 2.26. The van der Waals surface area contributed by atoms with Crippen molar-refractivity contribution in [2.75, 3.05) is 26.7 Å². The van der Waals surface area contributed by atoms with Gasteiger partial charge in [-0.1, -0.05) is 23.7 Å². The molecule has 1 aliphatic rings. The monoisotopic (exact) mass is 516 g/mol. The van der Waals surface area contributed by atoms with Crippen LogP contribution in [0.4, 0.5) is 0 Å². The maximum absolute atomic E-state index is 12.8. The lowest BCUT2D eigenvalue weighted by Gasteiger charge is -2.23. The Morgan fingerprint density at radius 1 is 1.14 bits per heavy atom. The number of carbonyl (C=O) groups is 4. The van der Waals surface area contributed by atoms with Crippen LogP contribution in [-0.2, 0) is 20.9 Å². The molecule has 192 valence electrons. The number of ether oxygens (including phenoxy) is 1. The van der Waals surface area contributed by atoms with Crippen molar-refractivity contribution in [1.82, 2.24) is 21.3 Å².